The third-order valence-corrected chi connectivity index (χ3v) is 0.959. The first-order chi connectivity index (χ1) is 4.35. The second kappa shape index (κ2) is 5.42. The molecule has 0 aromatic carbocycles. The van der Waals surface area contributed by atoms with E-state index in [1.807, 2.05) is 13.0 Å². The van der Waals surface area contributed by atoms with Crippen LogP contribution in [0.2, 0.25) is 0 Å². The lowest BCUT2D eigenvalue weighted by Crippen LogP contribution is -1.89. The van der Waals surface area contributed by atoms with Gasteiger partial charge in [0.15, 0.2) is 0 Å². The van der Waals surface area contributed by atoms with E-state index in [9.17, 15) is 0 Å². The Morgan fingerprint density at radius 3 is 2.67 bits per heavy atom. The third kappa shape index (κ3) is 3.83. The molecule has 0 aliphatic heterocycles. The van der Waals surface area contributed by atoms with Crippen molar-refractivity contribution in [1.29, 1.82) is 0 Å². The summed E-state index contributed by atoms with van der Waals surface area (Å²) >= 11 is 0. The maximum atomic E-state index is 5.23. The molecule has 52 valence electrons. The number of hydrogen-bond donors (Lipinski definition) is 0. The number of hydrogen-bond acceptors (Lipinski definition) is 1. The van der Waals surface area contributed by atoms with Crippen molar-refractivity contribution in [2.45, 2.75) is 20.3 Å². The van der Waals surface area contributed by atoms with Crippen molar-refractivity contribution in [3.8, 4) is 0 Å². The van der Waals surface area contributed by atoms with Crippen LogP contribution in [0.4, 0.5) is 0 Å². The first-order valence-corrected chi connectivity index (χ1v) is 3.26. The zero-order chi connectivity index (χ0) is 7.11. The molecule has 9 heavy (non-hydrogen) atoms. The predicted molar refractivity (Wildman–Crippen MR) is 40.2 cm³/mol. The van der Waals surface area contributed by atoms with Crippen LogP contribution in [0.25, 0.3) is 0 Å². The monoisotopic (exact) mass is 126 g/mol. The summed E-state index contributed by atoms with van der Waals surface area (Å²) in [4.78, 5) is 0. The van der Waals surface area contributed by atoms with Gasteiger partial charge in [0, 0.05) is 0 Å². The highest BCUT2D eigenvalue weighted by Gasteiger charge is 1.85. The van der Waals surface area contributed by atoms with Gasteiger partial charge in [0.1, 0.15) is 5.76 Å². The molecule has 0 aromatic heterocycles. The summed E-state index contributed by atoms with van der Waals surface area (Å²) < 4.78 is 5.23. The Bertz CT molecular complexity index is 103. The van der Waals surface area contributed by atoms with E-state index in [0.717, 1.165) is 18.8 Å². The third-order valence-electron chi connectivity index (χ3n) is 0.959. The van der Waals surface area contributed by atoms with E-state index in [2.05, 4.69) is 13.5 Å². The molecular formula is C8H14O. The van der Waals surface area contributed by atoms with Gasteiger partial charge in [-0.05, 0) is 25.5 Å². The molecule has 1 nitrogen and oxygen atoms in total. The Kier molecular flexibility index (Phi) is 4.98. The van der Waals surface area contributed by atoms with Crippen LogP contribution in [-0.2, 0) is 4.74 Å². The molecule has 0 saturated heterocycles. The SMILES string of the molecule is C=CC(=CC)OCCC. The van der Waals surface area contributed by atoms with Gasteiger partial charge in [0.25, 0.3) is 0 Å². The lowest BCUT2D eigenvalue weighted by molar-refractivity contribution is 0.224. The normalized spacial score (nSPS) is 11.1. The smallest absolute Gasteiger partial charge is 0.114 e. The van der Waals surface area contributed by atoms with Crippen molar-refractivity contribution in [3.05, 3.63) is 24.5 Å². The van der Waals surface area contributed by atoms with Crippen molar-refractivity contribution in [2.75, 3.05) is 6.61 Å². The molecule has 0 aliphatic rings. The van der Waals surface area contributed by atoms with Crippen molar-refractivity contribution in [2.24, 2.45) is 0 Å². The maximum Gasteiger partial charge on any atom is 0.114 e. The van der Waals surface area contributed by atoms with Gasteiger partial charge in [-0.25, -0.2) is 0 Å². The summed E-state index contributed by atoms with van der Waals surface area (Å²) in [7, 11) is 0. The highest BCUT2D eigenvalue weighted by Crippen LogP contribution is 1.97. The minimum absolute atomic E-state index is 0.783. The molecule has 0 aliphatic carbocycles. The first kappa shape index (κ1) is 8.28. The highest BCUT2D eigenvalue weighted by atomic mass is 16.5. The molecular weight excluding hydrogens is 112 g/mol. The fraction of sp³-hybridized carbons (Fsp3) is 0.500. The van der Waals surface area contributed by atoms with Crippen LogP contribution in [0.5, 0.6) is 0 Å². The minimum Gasteiger partial charge on any atom is -0.494 e. The van der Waals surface area contributed by atoms with Crippen LogP contribution in [0.1, 0.15) is 20.3 Å². The van der Waals surface area contributed by atoms with Crippen LogP contribution in [-0.4, -0.2) is 6.61 Å². The largest absolute Gasteiger partial charge is 0.494 e. The Morgan fingerprint density at radius 2 is 2.33 bits per heavy atom. The summed E-state index contributed by atoms with van der Waals surface area (Å²) in [6.07, 6.45) is 4.67. The fourth-order valence-electron chi connectivity index (χ4n) is 0.480. The summed E-state index contributed by atoms with van der Waals surface area (Å²) in [5.41, 5.74) is 0. The summed E-state index contributed by atoms with van der Waals surface area (Å²) in [5.74, 6) is 0.872. The zero-order valence-corrected chi connectivity index (χ0v) is 6.18. The topological polar surface area (TPSA) is 9.23 Å². The van der Waals surface area contributed by atoms with Gasteiger partial charge in [0.05, 0.1) is 6.61 Å². The van der Waals surface area contributed by atoms with E-state index in [4.69, 9.17) is 4.74 Å². The second-order valence-electron chi connectivity index (χ2n) is 1.74. The lowest BCUT2D eigenvalue weighted by Gasteiger charge is -2.02. The van der Waals surface area contributed by atoms with Gasteiger partial charge >= 0.3 is 0 Å². The number of allylic oxidation sites excluding steroid dienone is 2. The van der Waals surface area contributed by atoms with Gasteiger partial charge in [-0.3, -0.25) is 0 Å². The van der Waals surface area contributed by atoms with Crippen molar-refractivity contribution in [1.82, 2.24) is 0 Å². The van der Waals surface area contributed by atoms with Crippen LogP contribution in [0, 0.1) is 0 Å². The van der Waals surface area contributed by atoms with Gasteiger partial charge in [-0.15, -0.1) is 0 Å². The molecule has 0 radical (unpaired) electrons. The van der Waals surface area contributed by atoms with E-state index in [1.54, 1.807) is 6.08 Å². The predicted octanol–water partition coefficient (Wildman–Crippen LogP) is 2.50. The molecule has 0 aromatic rings. The molecule has 0 fully saturated rings. The molecule has 0 amide bonds. The summed E-state index contributed by atoms with van der Waals surface area (Å²) in [6, 6.07) is 0. The average molecular weight is 126 g/mol. The number of rotatable bonds is 4. The Balaban J connectivity index is 3.45. The van der Waals surface area contributed by atoms with Crippen molar-refractivity contribution >= 4 is 0 Å². The molecule has 0 bridgehead atoms. The van der Waals surface area contributed by atoms with E-state index >= 15 is 0 Å². The minimum atomic E-state index is 0.783. The summed E-state index contributed by atoms with van der Waals surface area (Å²) in [5, 5.41) is 0. The van der Waals surface area contributed by atoms with E-state index in [-0.39, 0.29) is 0 Å². The summed E-state index contributed by atoms with van der Waals surface area (Å²) in [6.45, 7) is 8.39. The van der Waals surface area contributed by atoms with Gasteiger partial charge in [-0.2, -0.15) is 0 Å². The van der Waals surface area contributed by atoms with Crippen LogP contribution in [0.3, 0.4) is 0 Å². The quantitative estimate of drug-likeness (QED) is 0.415. The lowest BCUT2D eigenvalue weighted by atomic mass is 10.4. The van der Waals surface area contributed by atoms with E-state index in [0.29, 0.717) is 0 Å². The first-order valence-electron chi connectivity index (χ1n) is 3.26. The van der Waals surface area contributed by atoms with E-state index in [1.165, 1.54) is 0 Å². The van der Waals surface area contributed by atoms with Crippen LogP contribution < -0.4 is 0 Å². The second-order valence-corrected chi connectivity index (χ2v) is 1.74. The molecule has 0 spiro atoms. The van der Waals surface area contributed by atoms with Crippen LogP contribution >= 0.6 is 0 Å². The van der Waals surface area contributed by atoms with Crippen molar-refractivity contribution in [3.63, 3.8) is 0 Å². The van der Waals surface area contributed by atoms with Gasteiger partial charge in [-0.1, -0.05) is 13.5 Å². The Hall–Kier alpha value is -0.720. The Labute approximate surface area is 57.0 Å². The molecule has 0 N–H and O–H groups in total. The zero-order valence-electron chi connectivity index (χ0n) is 6.18. The highest BCUT2D eigenvalue weighted by molar-refractivity contribution is 5.06. The molecule has 0 atom stereocenters. The Morgan fingerprint density at radius 1 is 1.67 bits per heavy atom. The molecule has 0 saturated carbocycles. The molecule has 0 heterocycles. The molecule has 0 rings (SSSR count). The average Bonchev–Trinajstić information content (AvgIpc) is 1.91. The fourth-order valence-corrected chi connectivity index (χ4v) is 0.480. The standard InChI is InChI=1S/C8H14O/c1-4-7-9-8(5-2)6-3/h5-6H,2,4,7H2,1,3H3. The van der Waals surface area contributed by atoms with Crippen molar-refractivity contribution < 1.29 is 4.74 Å². The number of ether oxygens (including phenoxy) is 1. The molecule has 0 unspecified atom stereocenters. The van der Waals surface area contributed by atoms with Gasteiger partial charge < -0.3 is 4.74 Å². The maximum absolute atomic E-state index is 5.23. The van der Waals surface area contributed by atoms with E-state index < -0.39 is 0 Å². The van der Waals surface area contributed by atoms with Gasteiger partial charge in [0.2, 0.25) is 0 Å². The molecule has 1 heteroatoms. The van der Waals surface area contributed by atoms with Crippen LogP contribution in [0.15, 0.2) is 24.5 Å².